The predicted molar refractivity (Wildman–Crippen MR) is 70.6 cm³/mol. The summed E-state index contributed by atoms with van der Waals surface area (Å²) in [5.41, 5.74) is -1.28. The monoisotopic (exact) mass is 419 g/mol. The van der Waals surface area contributed by atoms with E-state index in [4.69, 9.17) is 23.2 Å². The van der Waals surface area contributed by atoms with Crippen LogP contribution in [0, 0.1) is 5.41 Å². The zero-order valence-corrected chi connectivity index (χ0v) is 13.6. The van der Waals surface area contributed by atoms with Crippen LogP contribution in [0.2, 0.25) is 0 Å². The van der Waals surface area contributed by atoms with Gasteiger partial charge in [0.25, 0.3) is 0 Å². The first-order valence-electron chi connectivity index (χ1n) is 5.92. The second-order valence-corrected chi connectivity index (χ2v) is 7.69. The largest absolute Gasteiger partial charge is 0.460 e. The zero-order valence-electron chi connectivity index (χ0n) is 11.3. The second kappa shape index (κ2) is 5.31. The first kappa shape index (κ1) is 19.4. The molecule has 1 fully saturated rings. The van der Waals surface area contributed by atoms with Crippen LogP contribution in [-0.4, -0.2) is 32.5 Å². The summed E-state index contributed by atoms with van der Waals surface area (Å²) in [5, 5.41) is 4.97. The molecule has 0 spiro atoms. The molecule has 0 bridgehead atoms. The van der Waals surface area contributed by atoms with Crippen LogP contribution < -0.4 is 5.32 Å². The van der Waals surface area contributed by atoms with Crippen molar-refractivity contribution in [1.29, 1.82) is 0 Å². The van der Waals surface area contributed by atoms with Gasteiger partial charge in [0.15, 0.2) is 5.01 Å². The van der Waals surface area contributed by atoms with Crippen LogP contribution >= 0.6 is 34.5 Å². The summed E-state index contributed by atoms with van der Waals surface area (Å²) in [7, 11) is 0. The molecule has 1 saturated carbocycles. The summed E-state index contributed by atoms with van der Waals surface area (Å²) >= 11 is 11.1. The molecule has 1 aliphatic carbocycles. The molecule has 0 aliphatic heterocycles. The van der Waals surface area contributed by atoms with E-state index in [1.54, 1.807) is 0 Å². The molecular weight excluding hydrogens is 414 g/mol. The van der Waals surface area contributed by atoms with Crippen LogP contribution in [0.4, 0.5) is 35.9 Å². The van der Waals surface area contributed by atoms with Crippen molar-refractivity contribution in [2.24, 2.45) is 5.41 Å². The van der Waals surface area contributed by atoms with E-state index >= 15 is 0 Å². The molecule has 1 aromatic heterocycles. The minimum absolute atomic E-state index is 0.0307. The van der Waals surface area contributed by atoms with Crippen molar-refractivity contribution in [3.63, 3.8) is 0 Å². The van der Waals surface area contributed by atoms with E-state index in [0.717, 1.165) is 0 Å². The van der Waals surface area contributed by atoms with Gasteiger partial charge in [0, 0.05) is 0 Å². The molecule has 1 atom stereocenters. The molecule has 136 valence electrons. The molecular formula is C10H6Cl2F7N3OS. The van der Waals surface area contributed by atoms with Gasteiger partial charge in [-0.15, -0.1) is 33.4 Å². The number of alkyl halides is 9. The van der Waals surface area contributed by atoms with E-state index in [0.29, 0.717) is 0 Å². The number of amides is 1. The van der Waals surface area contributed by atoms with Crippen molar-refractivity contribution in [2.45, 2.75) is 35.7 Å². The highest BCUT2D eigenvalue weighted by molar-refractivity contribution is 7.15. The highest BCUT2D eigenvalue weighted by Gasteiger charge is 2.75. The Kier molecular flexibility index (Phi) is 4.30. The Hall–Kier alpha value is -0.880. The minimum atomic E-state index is -6.50. The Balaban J connectivity index is 2.21. The van der Waals surface area contributed by atoms with Crippen LogP contribution in [0.3, 0.4) is 0 Å². The number of anilines is 1. The Morgan fingerprint density at radius 3 is 2.08 bits per heavy atom. The summed E-state index contributed by atoms with van der Waals surface area (Å²) in [6.45, 7) is 1.34. The Morgan fingerprint density at radius 1 is 1.17 bits per heavy atom. The molecule has 2 rings (SSSR count). The number of carbonyl (C=O) groups excluding carboxylic acids is 1. The third-order valence-electron chi connectivity index (χ3n) is 3.42. The van der Waals surface area contributed by atoms with E-state index in [2.05, 4.69) is 10.2 Å². The van der Waals surface area contributed by atoms with Gasteiger partial charge >= 0.3 is 18.0 Å². The summed E-state index contributed by atoms with van der Waals surface area (Å²) < 4.78 is 87.6. The first-order valence-corrected chi connectivity index (χ1v) is 7.49. The Morgan fingerprint density at radius 2 is 1.67 bits per heavy atom. The summed E-state index contributed by atoms with van der Waals surface area (Å²) in [4.78, 5) is 11.9. The quantitative estimate of drug-likeness (QED) is 0.582. The van der Waals surface area contributed by atoms with Crippen molar-refractivity contribution >= 4 is 45.6 Å². The number of hydrogen-bond donors (Lipinski definition) is 1. The number of nitrogens with one attached hydrogen (secondary N) is 1. The van der Waals surface area contributed by atoms with Gasteiger partial charge in [-0.05, 0) is 13.3 Å². The number of hydrogen-bond acceptors (Lipinski definition) is 4. The number of aromatic nitrogens is 2. The lowest BCUT2D eigenvalue weighted by Gasteiger charge is -2.25. The van der Waals surface area contributed by atoms with Gasteiger partial charge in [-0.2, -0.15) is 30.7 Å². The van der Waals surface area contributed by atoms with E-state index in [1.165, 1.54) is 6.92 Å². The highest BCUT2D eigenvalue weighted by Crippen LogP contribution is 2.64. The van der Waals surface area contributed by atoms with Crippen LogP contribution in [0.1, 0.15) is 18.4 Å². The van der Waals surface area contributed by atoms with E-state index < -0.39 is 43.8 Å². The number of nitrogens with zero attached hydrogens (tertiary/aromatic N) is 2. The van der Waals surface area contributed by atoms with Gasteiger partial charge in [0.2, 0.25) is 11.0 Å². The smallest absolute Gasteiger partial charge is 0.300 e. The normalized spacial score (nSPS) is 23.9. The van der Waals surface area contributed by atoms with Crippen molar-refractivity contribution in [2.75, 3.05) is 5.32 Å². The standard InChI is InChI=1S/C10H6Cl2F7N3OS/c1-6(2-7(6,11)12)3(23)20-5-22-21-4(24-5)8(13,14)9(15,16)10(17,18)19/h2H2,1H3,(H,20,22,23). The molecule has 24 heavy (non-hydrogen) atoms. The van der Waals surface area contributed by atoms with Gasteiger partial charge in [0.05, 0.1) is 5.41 Å². The molecule has 0 radical (unpaired) electrons. The highest BCUT2D eigenvalue weighted by atomic mass is 35.5. The molecule has 1 unspecified atom stereocenters. The molecule has 1 aliphatic rings. The predicted octanol–water partition coefficient (Wildman–Crippen LogP) is 4.35. The maximum Gasteiger partial charge on any atom is 0.460 e. The fourth-order valence-electron chi connectivity index (χ4n) is 1.59. The van der Waals surface area contributed by atoms with Crippen LogP contribution in [-0.2, 0) is 10.7 Å². The number of carbonyl (C=O) groups is 1. The lowest BCUT2D eigenvalue weighted by Crippen LogP contribution is -2.50. The van der Waals surface area contributed by atoms with E-state index in [-0.39, 0.29) is 17.8 Å². The fourth-order valence-corrected chi connectivity index (χ4v) is 3.05. The van der Waals surface area contributed by atoms with E-state index in [1.807, 2.05) is 5.32 Å². The molecule has 1 heterocycles. The third kappa shape index (κ3) is 2.81. The molecule has 1 N–H and O–H groups in total. The molecule has 1 aromatic rings. The SMILES string of the molecule is CC1(C(=O)Nc2nnc(C(F)(F)C(F)(F)C(F)(F)F)s2)CC1(Cl)Cl. The van der Waals surface area contributed by atoms with Crippen LogP contribution in [0.25, 0.3) is 0 Å². The Labute approximate surface area is 143 Å². The lowest BCUT2D eigenvalue weighted by atomic mass is 10.1. The minimum Gasteiger partial charge on any atom is -0.300 e. The second-order valence-electron chi connectivity index (χ2n) is 5.23. The van der Waals surface area contributed by atoms with Crippen molar-refractivity contribution in [3.05, 3.63) is 5.01 Å². The number of halogens is 9. The maximum absolute atomic E-state index is 13.4. The third-order valence-corrected chi connectivity index (χ3v) is 5.43. The molecule has 14 heteroatoms. The van der Waals surface area contributed by atoms with Crippen molar-refractivity contribution in [3.8, 4) is 0 Å². The average molecular weight is 420 g/mol. The van der Waals surface area contributed by atoms with Crippen molar-refractivity contribution < 1.29 is 35.5 Å². The van der Waals surface area contributed by atoms with Gasteiger partial charge in [-0.1, -0.05) is 11.3 Å². The van der Waals surface area contributed by atoms with Gasteiger partial charge in [0.1, 0.15) is 4.33 Å². The van der Waals surface area contributed by atoms with Gasteiger partial charge in [-0.25, -0.2) is 0 Å². The number of rotatable bonds is 4. The van der Waals surface area contributed by atoms with Crippen LogP contribution in [0.5, 0.6) is 0 Å². The van der Waals surface area contributed by atoms with Gasteiger partial charge < -0.3 is 0 Å². The van der Waals surface area contributed by atoms with Crippen molar-refractivity contribution in [1.82, 2.24) is 10.2 Å². The average Bonchev–Trinajstić information content (AvgIpc) is 2.74. The van der Waals surface area contributed by atoms with Gasteiger partial charge in [-0.3, -0.25) is 10.1 Å². The topological polar surface area (TPSA) is 54.9 Å². The van der Waals surface area contributed by atoms with E-state index in [9.17, 15) is 35.5 Å². The molecule has 1 amide bonds. The molecule has 0 aromatic carbocycles. The maximum atomic E-state index is 13.4. The summed E-state index contributed by atoms with van der Waals surface area (Å²) in [6.07, 6.45) is -6.47. The molecule has 0 saturated heterocycles. The lowest BCUT2D eigenvalue weighted by molar-refractivity contribution is -0.359. The summed E-state index contributed by atoms with van der Waals surface area (Å²) in [5.74, 6) is -12.9. The fraction of sp³-hybridized carbons (Fsp3) is 0.700. The first-order chi connectivity index (χ1) is 10.6. The Bertz CT molecular complexity index is 678. The zero-order chi connectivity index (χ0) is 18.8. The van der Waals surface area contributed by atoms with Crippen LogP contribution in [0.15, 0.2) is 0 Å². The molecule has 4 nitrogen and oxygen atoms in total. The summed E-state index contributed by atoms with van der Waals surface area (Å²) in [6, 6.07) is 0.